The number of aromatic carboxylic acids is 1. The van der Waals surface area contributed by atoms with E-state index >= 15 is 0 Å². The topological polar surface area (TPSA) is 105 Å². The van der Waals surface area contributed by atoms with Gasteiger partial charge in [-0.1, -0.05) is 13.8 Å². The van der Waals surface area contributed by atoms with Crippen LogP contribution in [0.15, 0.2) is 12.3 Å². The van der Waals surface area contributed by atoms with Crippen molar-refractivity contribution in [2.24, 2.45) is 11.8 Å². The number of aromatic nitrogens is 1. The van der Waals surface area contributed by atoms with Gasteiger partial charge in [0.25, 0.3) is 0 Å². The van der Waals surface area contributed by atoms with E-state index < -0.39 is 16.6 Å². The van der Waals surface area contributed by atoms with Crippen LogP contribution in [0, 0.1) is 22.0 Å². The summed E-state index contributed by atoms with van der Waals surface area (Å²) in [7, 11) is 0. The molecule has 21 heavy (non-hydrogen) atoms. The summed E-state index contributed by atoms with van der Waals surface area (Å²) in [5.41, 5.74) is -0.826. The molecule has 0 radical (unpaired) electrons. The molecule has 2 N–H and O–H groups in total. The molecule has 0 amide bonds. The maximum absolute atomic E-state index is 11.1. The Morgan fingerprint density at radius 3 is 2.52 bits per heavy atom. The van der Waals surface area contributed by atoms with Crippen molar-refractivity contribution >= 4 is 17.5 Å². The normalized spacial score (nSPS) is 25.3. The molecule has 0 bridgehead atoms. The zero-order valence-corrected chi connectivity index (χ0v) is 12.1. The number of nitro groups is 1. The van der Waals surface area contributed by atoms with Crippen LogP contribution in [0.25, 0.3) is 0 Å². The minimum atomic E-state index is -1.32. The number of carbonyl (C=O) groups is 1. The summed E-state index contributed by atoms with van der Waals surface area (Å²) in [6.45, 7) is 4.38. The molecule has 2 unspecified atom stereocenters. The predicted octanol–water partition coefficient (Wildman–Crippen LogP) is 2.92. The number of hydrogen-bond donors (Lipinski definition) is 2. The Hall–Kier alpha value is -2.18. The second-order valence-electron chi connectivity index (χ2n) is 5.91. The number of anilines is 1. The van der Waals surface area contributed by atoms with Gasteiger partial charge in [0.15, 0.2) is 0 Å². The summed E-state index contributed by atoms with van der Waals surface area (Å²) in [5, 5.41) is 23.1. The minimum absolute atomic E-state index is 0.222. The quantitative estimate of drug-likeness (QED) is 0.653. The van der Waals surface area contributed by atoms with E-state index in [0.29, 0.717) is 17.7 Å². The largest absolute Gasteiger partial charge is 0.477 e. The highest BCUT2D eigenvalue weighted by Crippen LogP contribution is 2.30. The zero-order chi connectivity index (χ0) is 15.6. The molecule has 1 heterocycles. The van der Waals surface area contributed by atoms with Gasteiger partial charge in [0, 0.05) is 12.1 Å². The molecule has 0 spiro atoms. The van der Waals surface area contributed by atoms with E-state index in [9.17, 15) is 14.9 Å². The van der Waals surface area contributed by atoms with E-state index in [1.807, 2.05) is 0 Å². The smallest absolute Gasteiger partial charge is 0.342 e. The second kappa shape index (κ2) is 6.07. The molecule has 7 nitrogen and oxygen atoms in total. The summed E-state index contributed by atoms with van der Waals surface area (Å²) < 4.78 is 0. The van der Waals surface area contributed by atoms with Gasteiger partial charge in [-0.05, 0) is 31.1 Å². The molecule has 1 saturated carbocycles. The molecule has 1 aromatic heterocycles. The first-order chi connectivity index (χ1) is 9.86. The number of nitrogens with one attached hydrogen (secondary N) is 1. The fourth-order valence-corrected chi connectivity index (χ4v) is 3.12. The summed E-state index contributed by atoms with van der Waals surface area (Å²) in [4.78, 5) is 25.1. The molecule has 1 aliphatic carbocycles. The first-order valence-corrected chi connectivity index (χ1v) is 7.01. The maximum atomic E-state index is 11.1. The van der Waals surface area contributed by atoms with Gasteiger partial charge in [-0.15, -0.1) is 0 Å². The lowest BCUT2D eigenvalue weighted by atomic mass is 9.80. The van der Waals surface area contributed by atoms with Crippen molar-refractivity contribution in [2.45, 2.75) is 39.2 Å². The third-order valence-corrected chi connectivity index (χ3v) is 3.84. The average molecular weight is 293 g/mol. The summed E-state index contributed by atoms with van der Waals surface area (Å²) in [6.07, 6.45) is 4.17. The van der Waals surface area contributed by atoms with Crippen LogP contribution >= 0.6 is 0 Å². The van der Waals surface area contributed by atoms with Crippen LogP contribution in [0.4, 0.5) is 11.5 Å². The van der Waals surface area contributed by atoms with Gasteiger partial charge in [-0.2, -0.15) is 0 Å². The standard InChI is InChI=1S/C14H19N3O4/c1-8-3-9(2)5-10(4-8)16-13-6-11(14(18)19)12(7-15-13)17(20)21/h6-10H,3-5H2,1-2H3,(H,15,16)(H,18,19). The van der Waals surface area contributed by atoms with Crippen molar-refractivity contribution in [3.05, 3.63) is 27.9 Å². The second-order valence-corrected chi connectivity index (χ2v) is 5.91. The molecule has 1 aromatic rings. The molecule has 114 valence electrons. The van der Waals surface area contributed by atoms with Crippen LogP contribution in [0.2, 0.25) is 0 Å². The average Bonchev–Trinajstić information content (AvgIpc) is 2.36. The van der Waals surface area contributed by atoms with Crippen LogP contribution < -0.4 is 5.32 Å². The Kier molecular flexibility index (Phi) is 4.40. The SMILES string of the molecule is CC1CC(C)CC(Nc2cc(C(=O)O)c([N+](=O)[O-])cn2)C1. The van der Waals surface area contributed by atoms with Gasteiger partial charge in [0.1, 0.15) is 17.6 Å². The molecular weight excluding hydrogens is 274 g/mol. The van der Waals surface area contributed by atoms with Crippen molar-refractivity contribution in [1.29, 1.82) is 0 Å². The molecule has 7 heteroatoms. The first-order valence-electron chi connectivity index (χ1n) is 7.01. The van der Waals surface area contributed by atoms with Gasteiger partial charge in [0.2, 0.25) is 0 Å². The van der Waals surface area contributed by atoms with E-state index in [1.165, 1.54) is 12.5 Å². The van der Waals surface area contributed by atoms with E-state index in [-0.39, 0.29) is 11.6 Å². The summed E-state index contributed by atoms with van der Waals surface area (Å²) >= 11 is 0. The van der Waals surface area contributed by atoms with Crippen molar-refractivity contribution in [1.82, 2.24) is 4.98 Å². The fourth-order valence-electron chi connectivity index (χ4n) is 3.12. The lowest BCUT2D eigenvalue weighted by Gasteiger charge is -2.32. The van der Waals surface area contributed by atoms with E-state index in [0.717, 1.165) is 19.0 Å². The van der Waals surface area contributed by atoms with Crippen molar-refractivity contribution in [3.8, 4) is 0 Å². The highest BCUT2D eigenvalue weighted by atomic mass is 16.6. The number of nitrogens with zero attached hydrogens (tertiary/aromatic N) is 2. The van der Waals surface area contributed by atoms with Crippen LogP contribution in [-0.2, 0) is 0 Å². The third kappa shape index (κ3) is 3.68. The van der Waals surface area contributed by atoms with Gasteiger partial charge in [-0.25, -0.2) is 9.78 Å². The van der Waals surface area contributed by atoms with Gasteiger partial charge < -0.3 is 10.4 Å². The summed E-state index contributed by atoms with van der Waals surface area (Å²) in [6, 6.07) is 1.46. The van der Waals surface area contributed by atoms with Crippen molar-refractivity contribution in [3.63, 3.8) is 0 Å². The highest BCUT2D eigenvalue weighted by molar-refractivity contribution is 5.93. The van der Waals surface area contributed by atoms with Crippen LogP contribution in [0.5, 0.6) is 0 Å². The zero-order valence-electron chi connectivity index (χ0n) is 12.1. The van der Waals surface area contributed by atoms with Gasteiger partial charge in [-0.3, -0.25) is 10.1 Å². The molecule has 1 aliphatic rings. The number of pyridine rings is 1. The number of carboxylic acid groups (broad SMARTS) is 1. The number of hydrogen-bond acceptors (Lipinski definition) is 5. The lowest BCUT2D eigenvalue weighted by molar-refractivity contribution is -0.385. The Morgan fingerprint density at radius 1 is 1.38 bits per heavy atom. The van der Waals surface area contributed by atoms with Gasteiger partial charge in [0.05, 0.1) is 4.92 Å². The monoisotopic (exact) mass is 293 g/mol. The first kappa shape index (κ1) is 15.2. The molecule has 0 saturated heterocycles. The van der Waals surface area contributed by atoms with Crippen LogP contribution in [0.1, 0.15) is 43.5 Å². The summed E-state index contributed by atoms with van der Waals surface area (Å²) in [5.74, 6) is 0.258. The number of rotatable bonds is 4. The third-order valence-electron chi connectivity index (χ3n) is 3.84. The Bertz CT molecular complexity index is 551. The maximum Gasteiger partial charge on any atom is 0.342 e. The highest BCUT2D eigenvalue weighted by Gasteiger charge is 2.26. The minimum Gasteiger partial charge on any atom is -0.477 e. The van der Waals surface area contributed by atoms with Gasteiger partial charge >= 0.3 is 11.7 Å². The lowest BCUT2D eigenvalue weighted by Crippen LogP contribution is -2.30. The predicted molar refractivity (Wildman–Crippen MR) is 77.4 cm³/mol. The molecular formula is C14H19N3O4. The van der Waals surface area contributed by atoms with E-state index in [1.54, 1.807) is 0 Å². The Labute approximate surface area is 122 Å². The van der Waals surface area contributed by atoms with E-state index in [2.05, 4.69) is 24.1 Å². The Morgan fingerprint density at radius 2 is 2.00 bits per heavy atom. The molecule has 2 atom stereocenters. The number of carboxylic acids is 1. The van der Waals surface area contributed by atoms with Crippen molar-refractivity contribution < 1.29 is 14.8 Å². The van der Waals surface area contributed by atoms with Crippen LogP contribution in [0.3, 0.4) is 0 Å². The van der Waals surface area contributed by atoms with Crippen molar-refractivity contribution in [2.75, 3.05) is 5.32 Å². The molecule has 1 fully saturated rings. The molecule has 0 aliphatic heterocycles. The Balaban J connectivity index is 2.19. The fraction of sp³-hybridized carbons (Fsp3) is 0.571. The molecule has 2 rings (SSSR count). The molecule has 0 aromatic carbocycles. The van der Waals surface area contributed by atoms with Crippen LogP contribution in [-0.4, -0.2) is 27.0 Å². The van der Waals surface area contributed by atoms with E-state index in [4.69, 9.17) is 5.11 Å².